The molecular weight excluding hydrogens is 567 g/mol. The number of nitrogens with zero attached hydrogens (tertiary/aromatic N) is 2. The zero-order valence-electron chi connectivity index (χ0n) is 24.0. The van der Waals surface area contributed by atoms with Gasteiger partial charge in [0.2, 0.25) is 5.75 Å². The van der Waals surface area contributed by atoms with Crippen LogP contribution in [0.1, 0.15) is 47.2 Å². The van der Waals surface area contributed by atoms with Crippen LogP contribution in [0.4, 0.5) is 0 Å². The Morgan fingerprint density at radius 3 is 2.21 bits per heavy atom. The number of carboxylic acid groups (broad SMARTS) is 1. The van der Waals surface area contributed by atoms with Crippen LogP contribution in [0.25, 0.3) is 16.6 Å². The number of rotatable bonds is 11. The second-order valence-electron chi connectivity index (χ2n) is 9.70. The number of carboxylic acids is 1. The summed E-state index contributed by atoms with van der Waals surface area (Å²) in [6, 6.07) is 14.9. The van der Waals surface area contributed by atoms with Crippen molar-refractivity contribution in [3.63, 3.8) is 0 Å². The quantitative estimate of drug-likeness (QED) is 0.145. The first-order chi connectivity index (χ1) is 19.9. The van der Waals surface area contributed by atoms with Gasteiger partial charge in [0.15, 0.2) is 17.3 Å². The number of hydrogen-bond donors (Lipinski definition) is 0. The summed E-state index contributed by atoms with van der Waals surface area (Å²) in [5.41, 5.74) is 2.09. The molecule has 9 nitrogen and oxygen atoms in total. The van der Waals surface area contributed by atoms with Crippen LogP contribution < -0.4 is 53.6 Å². The minimum absolute atomic E-state index is 0. The molecule has 0 amide bonds. The maximum absolute atomic E-state index is 14.0. The summed E-state index contributed by atoms with van der Waals surface area (Å²) < 4.78 is 31.3. The van der Waals surface area contributed by atoms with Gasteiger partial charge < -0.3 is 28.8 Å². The maximum Gasteiger partial charge on any atom is 1.00 e. The summed E-state index contributed by atoms with van der Waals surface area (Å²) in [4.78, 5) is 26.7. The summed E-state index contributed by atoms with van der Waals surface area (Å²) in [5.74, 6) is -0.148. The van der Waals surface area contributed by atoms with Crippen molar-refractivity contribution in [3.8, 4) is 23.0 Å². The molecule has 0 N–H and O–H groups in total. The zero-order valence-corrected chi connectivity index (χ0v) is 26.8. The second kappa shape index (κ2) is 14.2. The number of aliphatic carboxylic acids is 1. The van der Waals surface area contributed by atoms with E-state index in [4.69, 9.17) is 18.9 Å². The number of aromatic nitrogens is 2. The molecule has 1 fully saturated rings. The van der Waals surface area contributed by atoms with Crippen LogP contribution in [0.2, 0.25) is 0 Å². The third-order valence-electron chi connectivity index (χ3n) is 7.14. The third-order valence-corrected chi connectivity index (χ3v) is 7.70. The van der Waals surface area contributed by atoms with Gasteiger partial charge in [-0.15, -0.1) is 0 Å². The fraction of sp³-hybridized carbons (Fsp3) is 0.290. The van der Waals surface area contributed by atoms with E-state index in [0.717, 1.165) is 37.4 Å². The van der Waals surface area contributed by atoms with Crippen LogP contribution in [-0.2, 0) is 11.2 Å². The number of ketones is 1. The molecule has 4 aromatic rings. The Hall–Kier alpha value is -3.44. The summed E-state index contributed by atoms with van der Waals surface area (Å²) in [6.45, 7) is 0. The van der Waals surface area contributed by atoms with Crippen molar-refractivity contribution in [2.75, 3.05) is 21.3 Å². The van der Waals surface area contributed by atoms with E-state index in [2.05, 4.69) is 8.75 Å². The summed E-state index contributed by atoms with van der Waals surface area (Å²) in [6.07, 6.45) is 4.11. The van der Waals surface area contributed by atoms with Gasteiger partial charge in [-0.2, -0.15) is 8.75 Å². The molecule has 3 aromatic carbocycles. The molecule has 1 saturated carbocycles. The SMILES string of the molecule is COc1cccc(C(=O)C(Cc2cc(OC)c(OC3CCCC3)c(OC)c2)=C(C(=O)[O-])c2ccc3nsnc3c2)c1.[Na+]. The molecule has 0 radical (unpaired) electrons. The Morgan fingerprint density at radius 2 is 1.57 bits per heavy atom. The molecule has 1 aliphatic rings. The van der Waals surface area contributed by atoms with E-state index in [1.807, 2.05) is 0 Å². The Morgan fingerprint density at radius 1 is 0.881 bits per heavy atom. The standard InChI is InChI=1S/C31H30N2O7S.Na/c1-37-22-10-6-7-20(16-22)29(34)23(28(31(35)36)19-11-12-24-25(17-19)33-41-32-24)13-18-14-26(38-2)30(27(15-18)39-3)40-21-8-4-5-9-21;/h6-7,10-12,14-17,21H,4-5,8-9,13H2,1-3H3,(H,35,36);/q;+1/p-1. The minimum Gasteiger partial charge on any atom is -0.545 e. The summed E-state index contributed by atoms with van der Waals surface area (Å²) in [5, 5.41) is 12.7. The van der Waals surface area contributed by atoms with E-state index < -0.39 is 11.8 Å². The Bertz CT molecular complexity index is 1600. The van der Waals surface area contributed by atoms with Gasteiger partial charge in [0.25, 0.3) is 0 Å². The largest absolute Gasteiger partial charge is 1.00 e. The fourth-order valence-corrected chi connectivity index (χ4v) is 5.62. The summed E-state index contributed by atoms with van der Waals surface area (Å²) >= 11 is 1.02. The first-order valence-corrected chi connectivity index (χ1v) is 13.9. The molecule has 11 heteroatoms. The predicted octanol–water partition coefficient (Wildman–Crippen LogP) is 1.67. The number of Topliss-reactive ketones (excluding diaryl/α,β-unsaturated/α-hetero) is 1. The Labute approximate surface area is 270 Å². The van der Waals surface area contributed by atoms with E-state index >= 15 is 0 Å². The molecule has 0 saturated heterocycles. The number of hydrogen-bond acceptors (Lipinski definition) is 10. The second-order valence-corrected chi connectivity index (χ2v) is 10.2. The smallest absolute Gasteiger partial charge is 0.545 e. The molecule has 5 rings (SSSR count). The first kappa shape index (κ1) is 31.5. The van der Waals surface area contributed by atoms with Gasteiger partial charge in [-0.25, -0.2) is 0 Å². The van der Waals surface area contributed by atoms with Crippen LogP contribution in [-0.4, -0.2) is 47.9 Å². The fourth-order valence-electron chi connectivity index (χ4n) is 5.10. The van der Waals surface area contributed by atoms with Crippen LogP contribution in [0.5, 0.6) is 23.0 Å². The van der Waals surface area contributed by atoms with Gasteiger partial charge in [-0.05, 0) is 73.2 Å². The zero-order chi connectivity index (χ0) is 28.9. The van der Waals surface area contributed by atoms with Gasteiger partial charge >= 0.3 is 29.6 Å². The van der Waals surface area contributed by atoms with Crippen LogP contribution in [0.15, 0.2) is 60.2 Å². The molecule has 0 unspecified atom stereocenters. The average Bonchev–Trinajstić information content (AvgIpc) is 3.68. The van der Waals surface area contributed by atoms with Crippen molar-refractivity contribution in [2.45, 2.75) is 38.2 Å². The number of benzene rings is 3. The number of methoxy groups -OCH3 is 3. The Balaban J connectivity index is 0.00000405. The van der Waals surface area contributed by atoms with Crippen molar-refractivity contribution in [1.29, 1.82) is 0 Å². The monoisotopic (exact) mass is 596 g/mol. The minimum atomic E-state index is -1.49. The topological polar surface area (TPSA) is 120 Å². The number of fused-ring (bicyclic) bond motifs is 1. The van der Waals surface area contributed by atoms with Crippen molar-refractivity contribution in [2.24, 2.45) is 0 Å². The third kappa shape index (κ3) is 6.78. The van der Waals surface area contributed by atoms with Gasteiger partial charge in [-0.1, -0.05) is 18.2 Å². The van der Waals surface area contributed by atoms with Gasteiger partial charge in [0.05, 0.1) is 45.1 Å². The number of ether oxygens (including phenoxy) is 4. The van der Waals surface area contributed by atoms with E-state index in [0.29, 0.717) is 39.6 Å². The van der Waals surface area contributed by atoms with Crippen molar-refractivity contribution < 1.29 is 63.2 Å². The Kier molecular flexibility index (Phi) is 10.6. The van der Waals surface area contributed by atoms with E-state index in [1.165, 1.54) is 21.3 Å². The first-order valence-electron chi connectivity index (χ1n) is 13.2. The van der Waals surface area contributed by atoms with Crippen LogP contribution in [0, 0.1) is 0 Å². The number of carbonyl (C=O) groups is 2. The van der Waals surface area contributed by atoms with E-state index in [1.54, 1.807) is 54.6 Å². The van der Waals surface area contributed by atoms with Crippen molar-refractivity contribution in [1.82, 2.24) is 8.75 Å². The molecule has 1 aromatic heterocycles. The maximum atomic E-state index is 14.0. The molecule has 0 bridgehead atoms. The van der Waals surface area contributed by atoms with Crippen LogP contribution >= 0.6 is 11.7 Å². The molecule has 0 aliphatic heterocycles. The van der Waals surface area contributed by atoms with E-state index in [9.17, 15) is 14.7 Å². The van der Waals surface area contributed by atoms with Gasteiger partial charge in [0, 0.05) is 23.1 Å². The average molecular weight is 597 g/mol. The normalized spacial score (nSPS) is 13.7. The molecule has 42 heavy (non-hydrogen) atoms. The molecule has 1 heterocycles. The number of allylic oxidation sites excluding steroid dienone is 1. The predicted molar refractivity (Wildman–Crippen MR) is 153 cm³/mol. The van der Waals surface area contributed by atoms with Crippen molar-refractivity contribution >= 4 is 40.1 Å². The van der Waals surface area contributed by atoms with Crippen LogP contribution in [0.3, 0.4) is 0 Å². The number of carbonyl (C=O) groups excluding carboxylic acids is 2. The molecular formula is C31H29N2NaO7S. The van der Waals surface area contributed by atoms with E-state index in [-0.39, 0.29) is 64.4 Å². The molecule has 1 aliphatic carbocycles. The van der Waals surface area contributed by atoms with Gasteiger partial charge in [0.1, 0.15) is 16.8 Å². The molecule has 0 spiro atoms. The summed E-state index contributed by atoms with van der Waals surface area (Å²) in [7, 11) is 4.56. The van der Waals surface area contributed by atoms with Gasteiger partial charge in [-0.3, -0.25) is 4.79 Å². The van der Waals surface area contributed by atoms with Crippen molar-refractivity contribution in [3.05, 3.63) is 76.9 Å². The molecule has 0 atom stereocenters. The molecule has 212 valence electrons.